The van der Waals surface area contributed by atoms with E-state index in [-0.39, 0.29) is 6.61 Å². The second-order valence-electron chi connectivity index (χ2n) is 2.55. The molecule has 1 aromatic rings. The molecule has 0 atom stereocenters. The Bertz CT molecular complexity index is 230. The third kappa shape index (κ3) is 1.60. The third-order valence-electron chi connectivity index (χ3n) is 1.83. The summed E-state index contributed by atoms with van der Waals surface area (Å²) in [5.41, 5.74) is 2.29. The van der Waals surface area contributed by atoms with Gasteiger partial charge in [0.2, 0.25) is 0 Å². The minimum absolute atomic E-state index is 0.183. The van der Waals surface area contributed by atoms with E-state index in [0.717, 1.165) is 12.1 Å². The molecule has 0 aliphatic heterocycles. The number of nitrogens with zero attached hydrogens (tertiary/aromatic N) is 2. The second kappa shape index (κ2) is 3.53. The summed E-state index contributed by atoms with van der Waals surface area (Å²) < 4.78 is 2.00. The molecule has 0 aromatic carbocycles. The van der Waals surface area contributed by atoms with Gasteiger partial charge in [-0.05, 0) is 13.3 Å². The molecule has 1 rings (SSSR count). The number of aromatic nitrogens is 2. The molecule has 1 N–H and O–H groups in total. The molecular formula is C8H14N2O. The predicted molar refractivity (Wildman–Crippen MR) is 43.4 cm³/mol. The minimum atomic E-state index is 0.183. The van der Waals surface area contributed by atoms with Gasteiger partial charge in [0.1, 0.15) is 0 Å². The molecule has 0 aliphatic rings. The monoisotopic (exact) mass is 154 g/mol. The van der Waals surface area contributed by atoms with Gasteiger partial charge in [0.15, 0.2) is 0 Å². The fraction of sp³-hybridized carbons (Fsp3) is 0.625. The molecule has 3 heteroatoms. The van der Waals surface area contributed by atoms with Crippen molar-refractivity contribution >= 4 is 0 Å². The number of hydrogen-bond donors (Lipinski definition) is 1. The molecule has 0 fully saturated rings. The van der Waals surface area contributed by atoms with Gasteiger partial charge in [-0.1, -0.05) is 6.92 Å². The molecule has 0 bridgehead atoms. The fourth-order valence-electron chi connectivity index (χ4n) is 1.27. The van der Waals surface area contributed by atoms with Gasteiger partial charge >= 0.3 is 0 Å². The van der Waals surface area contributed by atoms with Crippen molar-refractivity contribution in [2.24, 2.45) is 0 Å². The average Bonchev–Trinajstić information content (AvgIpc) is 2.33. The van der Waals surface area contributed by atoms with Gasteiger partial charge in [0.25, 0.3) is 0 Å². The lowest BCUT2D eigenvalue weighted by atomic mass is 10.3. The van der Waals surface area contributed by atoms with Crippen LogP contribution in [0.25, 0.3) is 0 Å². The molecule has 1 aromatic heterocycles. The van der Waals surface area contributed by atoms with Gasteiger partial charge < -0.3 is 9.67 Å². The van der Waals surface area contributed by atoms with Gasteiger partial charge in [-0.25, -0.2) is 4.98 Å². The molecule has 0 unspecified atom stereocenters. The summed E-state index contributed by atoms with van der Waals surface area (Å²) in [5, 5.41) is 8.70. The number of imidazole rings is 1. The molecule has 0 spiro atoms. The summed E-state index contributed by atoms with van der Waals surface area (Å²) in [4.78, 5) is 4.16. The number of aryl methyl sites for hydroxylation is 1. The second-order valence-corrected chi connectivity index (χ2v) is 2.55. The molecule has 0 saturated carbocycles. The Morgan fingerprint density at radius 2 is 2.36 bits per heavy atom. The third-order valence-corrected chi connectivity index (χ3v) is 1.83. The molecule has 0 aliphatic carbocycles. The van der Waals surface area contributed by atoms with Crippen LogP contribution >= 0.6 is 0 Å². The van der Waals surface area contributed by atoms with E-state index in [2.05, 4.69) is 11.9 Å². The topological polar surface area (TPSA) is 38.0 Å². The van der Waals surface area contributed by atoms with Crippen LogP contribution in [-0.4, -0.2) is 21.3 Å². The zero-order valence-corrected chi connectivity index (χ0v) is 7.04. The lowest BCUT2D eigenvalue weighted by Gasteiger charge is -2.03. The first-order valence-electron chi connectivity index (χ1n) is 3.91. The number of aliphatic hydroxyl groups excluding tert-OH is 1. The van der Waals surface area contributed by atoms with Crippen LogP contribution in [0.1, 0.15) is 18.3 Å². The highest BCUT2D eigenvalue weighted by molar-refractivity contribution is 5.10. The fourth-order valence-corrected chi connectivity index (χ4v) is 1.27. The predicted octanol–water partition coefficient (Wildman–Crippen LogP) is 0.746. The molecule has 11 heavy (non-hydrogen) atoms. The van der Waals surface area contributed by atoms with Gasteiger partial charge in [-0.3, -0.25) is 0 Å². The summed E-state index contributed by atoms with van der Waals surface area (Å²) in [7, 11) is 0. The van der Waals surface area contributed by atoms with E-state index < -0.39 is 0 Å². The van der Waals surface area contributed by atoms with Crippen LogP contribution < -0.4 is 0 Å². The molecule has 62 valence electrons. The van der Waals surface area contributed by atoms with Crippen molar-refractivity contribution in [2.45, 2.75) is 26.8 Å². The molecular weight excluding hydrogens is 140 g/mol. The van der Waals surface area contributed by atoms with Crippen molar-refractivity contribution in [3.8, 4) is 0 Å². The highest BCUT2D eigenvalue weighted by Gasteiger charge is 2.02. The van der Waals surface area contributed by atoms with Crippen LogP contribution in [0.2, 0.25) is 0 Å². The van der Waals surface area contributed by atoms with Crippen LogP contribution in [0.15, 0.2) is 6.33 Å². The van der Waals surface area contributed by atoms with Gasteiger partial charge in [-0.15, -0.1) is 0 Å². The SMILES string of the molecule is CCc1c(C)ncn1CCO. The quantitative estimate of drug-likeness (QED) is 0.697. The van der Waals surface area contributed by atoms with E-state index in [9.17, 15) is 0 Å². The van der Waals surface area contributed by atoms with Gasteiger partial charge in [0, 0.05) is 12.2 Å². The standard InChI is InChI=1S/C8H14N2O/c1-3-8-7(2)9-6-10(8)4-5-11/h6,11H,3-5H2,1-2H3. The van der Waals surface area contributed by atoms with E-state index in [1.54, 1.807) is 6.33 Å². The van der Waals surface area contributed by atoms with Crippen molar-refractivity contribution in [3.05, 3.63) is 17.7 Å². The van der Waals surface area contributed by atoms with Crippen LogP contribution in [0, 0.1) is 6.92 Å². The lowest BCUT2D eigenvalue weighted by molar-refractivity contribution is 0.274. The Hall–Kier alpha value is -0.830. The Morgan fingerprint density at radius 1 is 1.64 bits per heavy atom. The van der Waals surface area contributed by atoms with Gasteiger partial charge in [-0.2, -0.15) is 0 Å². The van der Waals surface area contributed by atoms with Crippen molar-refractivity contribution < 1.29 is 5.11 Å². The Morgan fingerprint density at radius 3 is 2.91 bits per heavy atom. The largest absolute Gasteiger partial charge is 0.395 e. The summed E-state index contributed by atoms with van der Waals surface area (Å²) in [6, 6.07) is 0. The zero-order chi connectivity index (χ0) is 8.27. The number of aliphatic hydroxyl groups is 1. The smallest absolute Gasteiger partial charge is 0.0952 e. The highest BCUT2D eigenvalue weighted by atomic mass is 16.3. The summed E-state index contributed by atoms with van der Waals surface area (Å²) >= 11 is 0. The van der Waals surface area contributed by atoms with Crippen molar-refractivity contribution in [3.63, 3.8) is 0 Å². The number of hydrogen-bond acceptors (Lipinski definition) is 2. The first kappa shape index (κ1) is 8.27. The Kier molecular flexibility index (Phi) is 2.65. The van der Waals surface area contributed by atoms with Gasteiger partial charge in [0.05, 0.1) is 18.6 Å². The maximum absolute atomic E-state index is 8.70. The van der Waals surface area contributed by atoms with Crippen molar-refractivity contribution in [1.82, 2.24) is 9.55 Å². The normalized spacial score (nSPS) is 10.5. The maximum Gasteiger partial charge on any atom is 0.0952 e. The summed E-state index contributed by atoms with van der Waals surface area (Å²) in [6.07, 6.45) is 2.76. The summed E-state index contributed by atoms with van der Waals surface area (Å²) in [5.74, 6) is 0. The average molecular weight is 154 g/mol. The van der Waals surface area contributed by atoms with E-state index >= 15 is 0 Å². The van der Waals surface area contributed by atoms with Crippen LogP contribution in [0.3, 0.4) is 0 Å². The molecule has 0 saturated heterocycles. The Labute approximate surface area is 66.7 Å². The molecule has 0 radical (unpaired) electrons. The first-order chi connectivity index (χ1) is 5.29. The lowest BCUT2D eigenvalue weighted by Crippen LogP contribution is -2.04. The van der Waals surface area contributed by atoms with Crippen LogP contribution in [0.4, 0.5) is 0 Å². The van der Waals surface area contributed by atoms with E-state index in [1.807, 2.05) is 11.5 Å². The molecule has 0 amide bonds. The van der Waals surface area contributed by atoms with Crippen molar-refractivity contribution in [2.75, 3.05) is 6.61 Å². The summed E-state index contributed by atoms with van der Waals surface area (Å²) in [6.45, 7) is 4.93. The van der Waals surface area contributed by atoms with E-state index in [4.69, 9.17) is 5.11 Å². The molecule has 1 heterocycles. The zero-order valence-electron chi connectivity index (χ0n) is 7.04. The minimum Gasteiger partial charge on any atom is -0.395 e. The van der Waals surface area contributed by atoms with Crippen LogP contribution in [0.5, 0.6) is 0 Å². The van der Waals surface area contributed by atoms with Crippen molar-refractivity contribution in [1.29, 1.82) is 0 Å². The number of rotatable bonds is 3. The van der Waals surface area contributed by atoms with E-state index in [0.29, 0.717) is 6.54 Å². The highest BCUT2D eigenvalue weighted by Crippen LogP contribution is 2.06. The van der Waals surface area contributed by atoms with Crippen LogP contribution in [-0.2, 0) is 13.0 Å². The Balaban J connectivity index is 2.86. The first-order valence-corrected chi connectivity index (χ1v) is 3.91. The molecule has 3 nitrogen and oxygen atoms in total. The maximum atomic E-state index is 8.70. The van der Waals surface area contributed by atoms with E-state index in [1.165, 1.54) is 5.69 Å².